The summed E-state index contributed by atoms with van der Waals surface area (Å²) in [6, 6.07) is 0. The summed E-state index contributed by atoms with van der Waals surface area (Å²) in [5.74, 6) is 3.27. The minimum absolute atomic E-state index is 0.0893. The molecule has 0 bridgehead atoms. The first-order valence-electron chi connectivity index (χ1n) is 11.5. The normalized spacial score (nSPS) is 47.6. The molecule has 0 amide bonds. The Morgan fingerprint density at radius 1 is 0.964 bits per heavy atom. The third-order valence-corrected chi connectivity index (χ3v) is 9.55. The van der Waals surface area contributed by atoms with Crippen LogP contribution in [0, 0.1) is 40.4 Å². The lowest BCUT2D eigenvalue weighted by molar-refractivity contribution is -0.173. The molecule has 0 radical (unpaired) electrons. The number of hydrogen-bond acceptors (Lipinski definition) is 4. The molecule has 8 atom stereocenters. The number of methoxy groups -OCH3 is 1. The van der Waals surface area contributed by atoms with Crippen LogP contribution in [-0.2, 0) is 19.1 Å². The van der Waals surface area contributed by atoms with Crippen molar-refractivity contribution in [3.63, 3.8) is 0 Å². The fourth-order valence-corrected chi connectivity index (χ4v) is 8.57. The third-order valence-electron chi connectivity index (χ3n) is 9.55. The molecule has 4 nitrogen and oxygen atoms in total. The van der Waals surface area contributed by atoms with Crippen LogP contribution in [-0.4, -0.2) is 31.6 Å². The lowest BCUT2D eigenvalue weighted by atomic mass is 9.44. The Labute approximate surface area is 170 Å². The van der Waals surface area contributed by atoms with Gasteiger partial charge < -0.3 is 9.47 Å². The molecule has 0 aromatic carbocycles. The van der Waals surface area contributed by atoms with E-state index in [0.29, 0.717) is 23.5 Å². The average molecular weight is 391 g/mol. The van der Waals surface area contributed by atoms with Crippen molar-refractivity contribution in [3.8, 4) is 0 Å². The Balaban J connectivity index is 1.59. The minimum Gasteiger partial charge on any atom is -0.463 e. The summed E-state index contributed by atoms with van der Waals surface area (Å²) >= 11 is 0. The van der Waals surface area contributed by atoms with E-state index in [-0.39, 0.29) is 28.8 Å². The van der Waals surface area contributed by atoms with E-state index in [2.05, 4.69) is 6.92 Å². The molecule has 4 fully saturated rings. The molecule has 0 heterocycles. The number of rotatable bonds is 4. The van der Waals surface area contributed by atoms with Gasteiger partial charge in [-0.15, -0.1) is 0 Å². The van der Waals surface area contributed by atoms with Crippen LogP contribution in [0.4, 0.5) is 0 Å². The van der Waals surface area contributed by atoms with E-state index in [0.717, 1.165) is 38.2 Å². The smallest absolute Gasteiger partial charge is 0.302 e. The number of hydrogen-bond donors (Lipinski definition) is 0. The van der Waals surface area contributed by atoms with E-state index in [4.69, 9.17) is 9.47 Å². The summed E-state index contributed by atoms with van der Waals surface area (Å²) in [5.41, 5.74) is 0.451. The second-order valence-electron chi connectivity index (χ2n) is 10.6. The SMILES string of the molecule is COCC12CCC(OC(C)=O)CC1CCC1C3CCC(C(C)=O)C3(C)CCC12. The molecular weight excluding hydrogens is 352 g/mol. The monoisotopic (exact) mass is 390 g/mol. The molecular formula is C24H38O4. The molecule has 0 aromatic rings. The van der Waals surface area contributed by atoms with Crippen LogP contribution < -0.4 is 0 Å². The van der Waals surface area contributed by atoms with Crippen molar-refractivity contribution in [2.24, 2.45) is 40.4 Å². The summed E-state index contributed by atoms with van der Waals surface area (Å²) in [6.07, 6.45) is 10.4. The highest BCUT2D eigenvalue weighted by Crippen LogP contribution is 2.67. The number of esters is 1. The Bertz CT molecular complexity index is 630. The van der Waals surface area contributed by atoms with Crippen LogP contribution in [0.15, 0.2) is 0 Å². The number of carbonyl (C=O) groups excluding carboxylic acids is 2. The molecule has 4 saturated carbocycles. The maximum atomic E-state index is 12.3. The van der Waals surface area contributed by atoms with Crippen molar-refractivity contribution in [1.29, 1.82) is 0 Å². The van der Waals surface area contributed by atoms with Gasteiger partial charge >= 0.3 is 5.97 Å². The van der Waals surface area contributed by atoms with Crippen molar-refractivity contribution in [1.82, 2.24) is 0 Å². The minimum atomic E-state index is -0.146. The molecule has 0 N–H and O–H groups in total. The second-order valence-corrected chi connectivity index (χ2v) is 10.6. The summed E-state index contributed by atoms with van der Waals surface area (Å²) in [6.45, 7) is 6.59. The Hall–Kier alpha value is -0.900. The number of fused-ring (bicyclic) bond motifs is 5. The van der Waals surface area contributed by atoms with Gasteiger partial charge in [0, 0.05) is 20.0 Å². The van der Waals surface area contributed by atoms with Gasteiger partial charge in [-0.3, -0.25) is 9.59 Å². The van der Waals surface area contributed by atoms with Gasteiger partial charge in [-0.25, -0.2) is 0 Å². The fraction of sp³-hybridized carbons (Fsp3) is 0.917. The lowest BCUT2D eigenvalue weighted by Crippen LogP contribution is -2.57. The zero-order valence-electron chi connectivity index (χ0n) is 18.2. The zero-order valence-corrected chi connectivity index (χ0v) is 18.2. The quantitative estimate of drug-likeness (QED) is 0.648. The molecule has 0 spiro atoms. The van der Waals surface area contributed by atoms with Crippen LogP contribution in [0.1, 0.15) is 78.6 Å². The largest absolute Gasteiger partial charge is 0.463 e. The average Bonchev–Trinajstić information content (AvgIpc) is 2.99. The topological polar surface area (TPSA) is 52.6 Å². The summed E-state index contributed by atoms with van der Waals surface area (Å²) in [4.78, 5) is 23.8. The highest BCUT2D eigenvalue weighted by atomic mass is 16.5. The van der Waals surface area contributed by atoms with Gasteiger partial charge in [-0.2, -0.15) is 0 Å². The molecule has 158 valence electrons. The van der Waals surface area contributed by atoms with Gasteiger partial charge in [0.05, 0.1) is 6.61 Å². The van der Waals surface area contributed by atoms with E-state index in [1.807, 2.05) is 14.0 Å². The van der Waals surface area contributed by atoms with Gasteiger partial charge in [-0.1, -0.05) is 6.92 Å². The van der Waals surface area contributed by atoms with Gasteiger partial charge in [0.2, 0.25) is 0 Å². The summed E-state index contributed by atoms with van der Waals surface area (Å²) < 4.78 is 11.4. The molecule has 4 heteroatoms. The maximum Gasteiger partial charge on any atom is 0.302 e. The zero-order chi connectivity index (χ0) is 20.1. The highest BCUT2D eigenvalue weighted by molar-refractivity contribution is 5.79. The third kappa shape index (κ3) is 3.05. The van der Waals surface area contributed by atoms with Crippen LogP contribution in [0.5, 0.6) is 0 Å². The molecule has 4 rings (SSSR count). The van der Waals surface area contributed by atoms with E-state index >= 15 is 0 Å². The van der Waals surface area contributed by atoms with Crippen LogP contribution in [0.2, 0.25) is 0 Å². The Morgan fingerprint density at radius 3 is 2.43 bits per heavy atom. The molecule has 0 aliphatic heterocycles. The maximum absolute atomic E-state index is 12.3. The number of Topliss-reactive ketones (excluding diaryl/α,β-unsaturated/α-hetero) is 1. The van der Waals surface area contributed by atoms with Crippen molar-refractivity contribution in [2.75, 3.05) is 13.7 Å². The van der Waals surface area contributed by atoms with Crippen LogP contribution >= 0.6 is 0 Å². The number of carbonyl (C=O) groups is 2. The van der Waals surface area contributed by atoms with Crippen molar-refractivity contribution < 1.29 is 19.1 Å². The predicted octanol–water partition coefficient (Wildman–Crippen LogP) is 4.79. The molecule has 0 saturated heterocycles. The van der Waals surface area contributed by atoms with Crippen molar-refractivity contribution >= 4 is 11.8 Å². The number of ether oxygens (including phenoxy) is 2. The van der Waals surface area contributed by atoms with Crippen molar-refractivity contribution in [2.45, 2.75) is 84.7 Å². The van der Waals surface area contributed by atoms with Gasteiger partial charge in [0.25, 0.3) is 0 Å². The fourth-order valence-electron chi connectivity index (χ4n) is 8.57. The molecule has 4 aliphatic carbocycles. The Morgan fingerprint density at radius 2 is 1.75 bits per heavy atom. The molecule has 8 unspecified atom stereocenters. The van der Waals surface area contributed by atoms with Crippen LogP contribution in [0.25, 0.3) is 0 Å². The van der Waals surface area contributed by atoms with Gasteiger partial charge in [0.15, 0.2) is 0 Å². The predicted molar refractivity (Wildman–Crippen MR) is 108 cm³/mol. The number of ketones is 1. The van der Waals surface area contributed by atoms with E-state index in [9.17, 15) is 9.59 Å². The van der Waals surface area contributed by atoms with Gasteiger partial charge in [-0.05, 0) is 99.2 Å². The summed E-state index contributed by atoms with van der Waals surface area (Å²) in [5, 5.41) is 0. The lowest BCUT2D eigenvalue weighted by Gasteiger charge is -2.61. The first-order valence-corrected chi connectivity index (χ1v) is 11.5. The molecule has 4 aliphatic rings. The molecule has 28 heavy (non-hydrogen) atoms. The van der Waals surface area contributed by atoms with E-state index in [1.54, 1.807) is 0 Å². The molecule has 0 aromatic heterocycles. The second kappa shape index (κ2) is 7.41. The van der Waals surface area contributed by atoms with E-state index < -0.39 is 0 Å². The summed E-state index contributed by atoms with van der Waals surface area (Å²) in [7, 11) is 1.85. The Kier molecular flexibility index (Phi) is 5.39. The van der Waals surface area contributed by atoms with Crippen LogP contribution in [0.3, 0.4) is 0 Å². The first-order chi connectivity index (χ1) is 13.3. The first kappa shape index (κ1) is 20.4. The van der Waals surface area contributed by atoms with Crippen molar-refractivity contribution in [3.05, 3.63) is 0 Å². The standard InChI is InChI=1S/C24H38O4/c1-15(25)20-7-8-21-19-6-5-17-13-18(28-16(2)26)9-12-24(17,14-27-4)22(19)10-11-23(20,21)3/h17-22H,5-14H2,1-4H3. The van der Waals surface area contributed by atoms with E-state index in [1.165, 1.54) is 39.0 Å². The van der Waals surface area contributed by atoms with Gasteiger partial charge in [0.1, 0.15) is 11.9 Å². The highest BCUT2D eigenvalue weighted by Gasteiger charge is 2.62.